The van der Waals surface area contributed by atoms with Gasteiger partial charge in [-0.2, -0.15) is 0 Å². The molecular weight excluding hydrogens is 1040 g/mol. The molecule has 2 aliphatic heterocycles. The molecule has 22 nitrogen and oxygen atoms in total. The molecule has 2 heterocycles. The number of amides is 10. The maximum absolute atomic E-state index is 14.5. The van der Waals surface area contributed by atoms with Crippen molar-refractivity contribution in [3.63, 3.8) is 0 Å². The normalized spacial score (nSPS) is 20.7. The van der Waals surface area contributed by atoms with E-state index in [9.17, 15) is 47.9 Å². The summed E-state index contributed by atoms with van der Waals surface area (Å²) in [6.07, 6.45) is 4.73. The molecule has 2 aromatic rings. The largest absolute Gasteiger partial charge is 0.347 e. The van der Waals surface area contributed by atoms with Crippen LogP contribution in [0.4, 0.5) is 0 Å². The molecule has 1 unspecified atom stereocenters. The number of carbonyl (C=O) groups is 10. The molecule has 10 amide bonds. The van der Waals surface area contributed by atoms with E-state index in [1.165, 1.54) is 19.6 Å². The van der Waals surface area contributed by atoms with E-state index in [0.717, 1.165) is 47.9 Å². The number of fused-ring (bicyclic) bond motifs is 2. The van der Waals surface area contributed by atoms with Gasteiger partial charge in [-0.25, -0.2) is 0 Å². The first-order valence-electron chi connectivity index (χ1n) is 28.7. The van der Waals surface area contributed by atoms with Crippen molar-refractivity contribution in [3.8, 4) is 0 Å². The molecule has 0 radical (unpaired) electrons. The van der Waals surface area contributed by atoms with Gasteiger partial charge in [0, 0.05) is 39.0 Å². The third-order valence-corrected chi connectivity index (χ3v) is 16.1. The highest BCUT2D eigenvalue weighted by atomic mass is 16.2. The minimum absolute atomic E-state index is 0.00317. The number of hydrogen-bond donors (Lipinski definition) is 8. The number of likely N-dealkylation sites (N-methyl/N-ethyl adjacent to an activating group) is 2. The Morgan fingerprint density at radius 1 is 0.543 bits per heavy atom. The summed E-state index contributed by atoms with van der Waals surface area (Å²) in [6, 6.07) is 9.83. The van der Waals surface area contributed by atoms with E-state index in [-0.39, 0.29) is 82.4 Å². The van der Waals surface area contributed by atoms with E-state index in [1.807, 2.05) is 90.1 Å². The summed E-state index contributed by atoms with van der Waals surface area (Å²) in [7, 11) is 3.28. The molecule has 0 spiro atoms. The van der Waals surface area contributed by atoms with Gasteiger partial charge in [-0.05, 0) is 106 Å². The molecule has 2 fully saturated rings. The number of hydrogen-bond acceptors (Lipinski definition) is 12. The van der Waals surface area contributed by atoms with Crippen LogP contribution in [0.3, 0.4) is 0 Å². The molecule has 8 atom stereocenters. The van der Waals surface area contributed by atoms with E-state index in [4.69, 9.17) is 0 Å². The second-order valence-electron chi connectivity index (χ2n) is 24.1. The number of nitrogens with one attached hydrogen (secondary N) is 8. The molecule has 444 valence electrons. The van der Waals surface area contributed by atoms with Crippen molar-refractivity contribution in [2.24, 2.45) is 10.8 Å². The van der Waals surface area contributed by atoms with Crippen molar-refractivity contribution in [1.29, 1.82) is 0 Å². The molecule has 4 aliphatic rings. The Labute approximate surface area is 477 Å². The van der Waals surface area contributed by atoms with E-state index >= 15 is 0 Å². The summed E-state index contributed by atoms with van der Waals surface area (Å²) in [5.41, 5.74) is 2.79. The Kier molecular flexibility index (Phi) is 22.0. The predicted molar refractivity (Wildman–Crippen MR) is 304 cm³/mol. The highest BCUT2D eigenvalue weighted by Gasteiger charge is 2.46. The summed E-state index contributed by atoms with van der Waals surface area (Å²) < 4.78 is 0. The van der Waals surface area contributed by atoms with E-state index in [1.54, 1.807) is 27.9 Å². The summed E-state index contributed by atoms with van der Waals surface area (Å²) in [4.78, 5) is 143. The fraction of sp³-hybridized carbons (Fsp3) is 0.627. The molecule has 8 N–H and O–H groups in total. The van der Waals surface area contributed by atoms with Gasteiger partial charge >= 0.3 is 0 Å². The van der Waals surface area contributed by atoms with Gasteiger partial charge < -0.3 is 62.1 Å². The Hall–Kier alpha value is -6.94. The quantitative estimate of drug-likeness (QED) is 0.0928. The average Bonchev–Trinajstić information content (AvgIpc) is 3.44. The summed E-state index contributed by atoms with van der Waals surface area (Å²) in [5, 5.41) is 23.1. The van der Waals surface area contributed by atoms with Crippen LogP contribution in [0, 0.1) is 10.8 Å². The fourth-order valence-corrected chi connectivity index (χ4v) is 10.9. The van der Waals surface area contributed by atoms with Gasteiger partial charge in [0.25, 0.3) is 0 Å². The molecule has 0 bridgehead atoms. The lowest BCUT2D eigenvalue weighted by Gasteiger charge is -2.44. The van der Waals surface area contributed by atoms with Crippen LogP contribution in [-0.2, 0) is 60.8 Å². The first-order valence-corrected chi connectivity index (χ1v) is 28.7. The van der Waals surface area contributed by atoms with E-state index < -0.39 is 107 Å². The Morgan fingerprint density at radius 2 is 0.914 bits per heavy atom. The van der Waals surface area contributed by atoms with Crippen LogP contribution in [0.5, 0.6) is 0 Å². The van der Waals surface area contributed by atoms with Crippen LogP contribution < -0.4 is 42.5 Å². The van der Waals surface area contributed by atoms with E-state index in [2.05, 4.69) is 42.5 Å². The summed E-state index contributed by atoms with van der Waals surface area (Å²) in [6.45, 7) is 13.4. The van der Waals surface area contributed by atoms with Gasteiger partial charge in [-0.1, -0.05) is 90.1 Å². The van der Waals surface area contributed by atoms with Crippen LogP contribution in [0.15, 0.2) is 48.5 Å². The van der Waals surface area contributed by atoms with Crippen molar-refractivity contribution in [2.45, 2.75) is 162 Å². The van der Waals surface area contributed by atoms with Crippen LogP contribution in [-0.4, -0.2) is 181 Å². The number of carbonyl (C=O) groups excluding carboxylic acids is 10. The first-order chi connectivity index (χ1) is 38.3. The fourth-order valence-electron chi connectivity index (χ4n) is 10.9. The molecule has 2 saturated heterocycles. The number of rotatable bonds is 20. The minimum Gasteiger partial charge on any atom is -0.347 e. The maximum Gasteiger partial charge on any atom is 0.246 e. The van der Waals surface area contributed by atoms with Crippen molar-refractivity contribution in [1.82, 2.24) is 62.1 Å². The lowest BCUT2D eigenvalue weighted by molar-refractivity contribution is -0.152. The molecule has 22 heteroatoms. The monoisotopic (exact) mass is 1120 g/mol. The predicted octanol–water partition coefficient (Wildman–Crippen LogP) is 1.13. The minimum atomic E-state index is -1.10. The molecule has 2 aliphatic carbocycles. The van der Waals surface area contributed by atoms with Crippen molar-refractivity contribution < 1.29 is 47.9 Å². The molecule has 6 rings (SSSR count). The van der Waals surface area contributed by atoms with Crippen molar-refractivity contribution in [3.05, 3.63) is 70.8 Å². The molecule has 0 aromatic heterocycles. The molecule has 2 aromatic carbocycles. The molecule has 0 saturated carbocycles. The second-order valence-corrected chi connectivity index (χ2v) is 24.1. The zero-order valence-corrected chi connectivity index (χ0v) is 49.1. The third-order valence-electron chi connectivity index (χ3n) is 16.1. The van der Waals surface area contributed by atoms with Crippen molar-refractivity contribution in [2.75, 3.05) is 66.5 Å². The van der Waals surface area contributed by atoms with Crippen LogP contribution in [0.2, 0.25) is 0 Å². The number of nitrogens with zero attached hydrogens (tertiary/aromatic N) is 4. The lowest BCUT2D eigenvalue weighted by atomic mass is 9.85. The van der Waals surface area contributed by atoms with Crippen LogP contribution in [0.25, 0.3) is 0 Å². The van der Waals surface area contributed by atoms with Gasteiger partial charge in [0.1, 0.15) is 24.2 Å². The smallest absolute Gasteiger partial charge is 0.246 e. The van der Waals surface area contributed by atoms with Gasteiger partial charge in [0.05, 0.1) is 50.3 Å². The highest BCUT2D eigenvalue weighted by Crippen LogP contribution is 2.32. The summed E-state index contributed by atoms with van der Waals surface area (Å²) in [5.74, 6) is -4.48. The topological polar surface area (TPSA) is 280 Å². The lowest BCUT2D eigenvalue weighted by Crippen LogP contribution is -2.66. The Bertz CT molecular complexity index is 2460. The first kappa shape index (κ1) is 63.2. The van der Waals surface area contributed by atoms with E-state index in [0.29, 0.717) is 12.8 Å². The van der Waals surface area contributed by atoms with Crippen LogP contribution >= 0.6 is 0 Å². The highest BCUT2D eigenvalue weighted by molar-refractivity contribution is 5.96. The number of piperazine rings is 2. The number of benzene rings is 2. The van der Waals surface area contributed by atoms with Crippen LogP contribution in [0.1, 0.15) is 135 Å². The standard InChI is InChI=1S/C59H88N12O10/c1-36(60-9)52(76)66-50(58(3,4)5)56(80)70-30-28-68(34-44(70)54(78)64-42-24-15-20-38-18-11-13-22-40(38)42)48(74)32-62-46(72)26-17-27-47(73)63-33-49(75)69-29-31-71(57(81)51(59(6,7)8)67-53(77)37(2)61-10)45(35-69)55(79)65-43-25-16-21-39-19-12-14-23-41(39)43/h11-14,18-19,22-23,36-37,42-45,50-51,60-61H,15-17,20-21,24-35H2,1-10H3,(H,62,72)(H,63,73)(H,64,78)(H,65,79)(H,66,76)(H,67,77)/t36-,37?,42+,43+,44-,45-,50+,51+/m0/s1. The summed E-state index contributed by atoms with van der Waals surface area (Å²) >= 11 is 0. The zero-order valence-electron chi connectivity index (χ0n) is 49.1. The third kappa shape index (κ3) is 16.6. The maximum atomic E-state index is 14.5. The van der Waals surface area contributed by atoms with Gasteiger partial charge in [-0.3, -0.25) is 47.9 Å². The van der Waals surface area contributed by atoms with Gasteiger partial charge in [0.2, 0.25) is 59.1 Å². The Morgan fingerprint density at radius 3 is 1.27 bits per heavy atom. The van der Waals surface area contributed by atoms with Gasteiger partial charge in [-0.15, -0.1) is 0 Å². The number of aryl methyl sites for hydroxylation is 2. The van der Waals surface area contributed by atoms with Gasteiger partial charge in [0.15, 0.2) is 0 Å². The van der Waals surface area contributed by atoms with Crippen molar-refractivity contribution >= 4 is 59.1 Å². The SMILES string of the molecule is CNC(C)C(=O)N[C@H](C(=O)N1CCN(C(=O)CNC(=O)CCCC(=O)NCC(=O)N2CCN(C(=O)[C@@H](NC(=O)[C@H](C)NC)C(C)(C)C)[C@H](C(=O)N[C@@H]3CCCc4ccccc43)C2)C[C@H]1C(=O)N[C@@H]1CCCc2ccccc21)C(C)(C)C. The molecular formula is C59H88N12O10. The zero-order chi connectivity index (χ0) is 59.3. The molecule has 81 heavy (non-hydrogen) atoms. The Balaban J connectivity index is 1.03. The average molecular weight is 1130 g/mol. The second kappa shape index (κ2) is 28.2.